The minimum absolute atomic E-state index is 0.0682. The Labute approximate surface area is 198 Å². The highest BCUT2D eigenvalue weighted by atomic mass is 35.5. The van der Waals surface area contributed by atoms with Crippen molar-refractivity contribution in [2.24, 2.45) is 0 Å². The van der Waals surface area contributed by atoms with E-state index in [1.165, 1.54) is 16.4 Å². The molecule has 2 heterocycles. The lowest BCUT2D eigenvalue weighted by atomic mass is 10.1. The Kier molecular flexibility index (Phi) is 7.27. The van der Waals surface area contributed by atoms with Gasteiger partial charge in [0.1, 0.15) is 11.9 Å². The van der Waals surface area contributed by atoms with E-state index in [4.69, 9.17) is 27.9 Å². The lowest BCUT2D eigenvalue weighted by Crippen LogP contribution is -2.38. The summed E-state index contributed by atoms with van der Waals surface area (Å²) in [4.78, 5) is 12.6. The third-order valence-corrected chi connectivity index (χ3v) is 8.09. The van der Waals surface area contributed by atoms with E-state index in [1.54, 1.807) is 30.3 Å². The van der Waals surface area contributed by atoms with E-state index in [2.05, 4.69) is 10.6 Å². The van der Waals surface area contributed by atoms with Crippen molar-refractivity contribution in [3.05, 3.63) is 58.1 Å². The van der Waals surface area contributed by atoms with Crippen molar-refractivity contribution in [2.75, 3.05) is 26.2 Å². The highest BCUT2D eigenvalue weighted by molar-refractivity contribution is 7.89. The molecule has 2 fully saturated rings. The molecule has 4 rings (SSSR count). The molecule has 32 heavy (non-hydrogen) atoms. The maximum Gasteiger partial charge on any atom is 0.251 e. The maximum absolute atomic E-state index is 13.1. The number of hydrogen-bond acceptors (Lipinski definition) is 5. The predicted molar refractivity (Wildman–Crippen MR) is 124 cm³/mol. The van der Waals surface area contributed by atoms with Gasteiger partial charge in [-0.05, 0) is 68.8 Å². The molecule has 2 aromatic carbocycles. The van der Waals surface area contributed by atoms with E-state index in [1.807, 2.05) is 0 Å². The molecule has 2 saturated heterocycles. The molecular weight excluding hydrogens is 473 g/mol. The highest BCUT2D eigenvalue weighted by Gasteiger charge is 2.34. The largest absolute Gasteiger partial charge is 0.489 e. The van der Waals surface area contributed by atoms with Gasteiger partial charge in [-0.3, -0.25) is 4.79 Å². The monoisotopic (exact) mass is 497 g/mol. The van der Waals surface area contributed by atoms with Gasteiger partial charge in [-0.15, -0.1) is 0 Å². The summed E-state index contributed by atoms with van der Waals surface area (Å²) in [5.41, 5.74) is 0.440. The number of amides is 1. The molecule has 0 radical (unpaired) electrons. The van der Waals surface area contributed by atoms with Gasteiger partial charge in [0.15, 0.2) is 0 Å². The fourth-order valence-electron chi connectivity index (χ4n) is 3.94. The fraction of sp³-hybridized carbons (Fsp3) is 0.409. The minimum atomic E-state index is -3.74. The SMILES string of the molecule is O=C(N[C@H]1CCN(S(=O)(=O)c2ccc(OC3CCNCC3)c(Cl)c2)C1)c1cccc(Cl)c1. The third-order valence-electron chi connectivity index (χ3n) is 5.69. The number of sulfonamides is 1. The zero-order valence-electron chi connectivity index (χ0n) is 17.4. The lowest BCUT2D eigenvalue weighted by molar-refractivity contribution is 0.0939. The number of nitrogens with one attached hydrogen (secondary N) is 2. The van der Waals surface area contributed by atoms with Gasteiger partial charge in [-0.1, -0.05) is 29.3 Å². The van der Waals surface area contributed by atoms with Crippen LogP contribution in [0.1, 0.15) is 29.6 Å². The third kappa shape index (κ3) is 5.38. The molecule has 2 aromatic rings. The van der Waals surface area contributed by atoms with Crippen LogP contribution >= 0.6 is 23.2 Å². The zero-order chi connectivity index (χ0) is 22.7. The lowest BCUT2D eigenvalue weighted by Gasteiger charge is -2.24. The minimum Gasteiger partial charge on any atom is -0.489 e. The number of nitrogens with zero attached hydrogens (tertiary/aromatic N) is 1. The number of carbonyl (C=O) groups is 1. The molecule has 10 heteroatoms. The van der Waals surface area contributed by atoms with E-state index in [9.17, 15) is 13.2 Å². The van der Waals surface area contributed by atoms with Crippen LogP contribution in [0.3, 0.4) is 0 Å². The molecule has 1 atom stereocenters. The van der Waals surface area contributed by atoms with Crippen LogP contribution in [0.5, 0.6) is 5.75 Å². The number of ether oxygens (including phenoxy) is 1. The van der Waals surface area contributed by atoms with Crippen molar-refractivity contribution in [1.29, 1.82) is 0 Å². The van der Waals surface area contributed by atoms with Crippen LogP contribution in [-0.2, 0) is 10.0 Å². The summed E-state index contributed by atoms with van der Waals surface area (Å²) in [5.74, 6) is 0.213. The van der Waals surface area contributed by atoms with Crippen molar-refractivity contribution in [1.82, 2.24) is 14.9 Å². The maximum atomic E-state index is 13.1. The van der Waals surface area contributed by atoms with Gasteiger partial charge in [0.05, 0.1) is 9.92 Å². The predicted octanol–water partition coefficient (Wildman–Crippen LogP) is 3.32. The van der Waals surface area contributed by atoms with Gasteiger partial charge in [0, 0.05) is 29.7 Å². The quantitative estimate of drug-likeness (QED) is 0.638. The Morgan fingerprint density at radius 3 is 2.59 bits per heavy atom. The molecule has 0 bridgehead atoms. The highest BCUT2D eigenvalue weighted by Crippen LogP contribution is 2.31. The van der Waals surface area contributed by atoms with Gasteiger partial charge in [0.25, 0.3) is 5.91 Å². The summed E-state index contributed by atoms with van der Waals surface area (Å²) >= 11 is 12.3. The molecule has 2 aliphatic rings. The molecule has 0 saturated carbocycles. The average molecular weight is 498 g/mol. The second kappa shape index (κ2) is 9.97. The van der Waals surface area contributed by atoms with E-state index >= 15 is 0 Å². The molecule has 0 spiro atoms. The Balaban J connectivity index is 1.40. The van der Waals surface area contributed by atoms with Crippen molar-refractivity contribution >= 4 is 39.1 Å². The average Bonchev–Trinajstić information content (AvgIpc) is 3.25. The molecule has 0 aliphatic carbocycles. The number of carbonyl (C=O) groups excluding carboxylic acids is 1. The van der Waals surface area contributed by atoms with Crippen LogP contribution in [0.4, 0.5) is 0 Å². The molecule has 0 unspecified atom stereocenters. The van der Waals surface area contributed by atoms with Crippen LogP contribution < -0.4 is 15.4 Å². The first-order chi connectivity index (χ1) is 15.3. The molecular formula is C22H25Cl2N3O4S. The summed E-state index contributed by atoms with van der Waals surface area (Å²) < 4.78 is 33.6. The second-order valence-electron chi connectivity index (χ2n) is 7.99. The van der Waals surface area contributed by atoms with Gasteiger partial charge in [-0.2, -0.15) is 4.31 Å². The summed E-state index contributed by atoms with van der Waals surface area (Å²) in [7, 11) is -3.74. The first kappa shape index (κ1) is 23.3. The van der Waals surface area contributed by atoms with Gasteiger partial charge < -0.3 is 15.4 Å². The number of hydrogen-bond donors (Lipinski definition) is 2. The normalized spacial score (nSPS) is 20.2. The Morgan fingerprint density at radius 2 is 1.88 bits per heavy atom. The van der Waals surface area contributed by atoms with Crippen LogP contribution in [0, 0.1) is 0 Å². The Bertz CT molecular complexity index is 1090. The van der Waals surface area contributed by atoms with Crippen molar-refractivity contribution in [3.63, 3.8) is 0 Å². The first-order valence-electron chi connectivity index (χ1n) is 10.6. The number of piperidine rings is 1. The van der Waals surface area contributed by atoms with Crippen LogP contribution in [-0.4, -0.2) is 57.0 Å². The standard InChI is InChI=1S/C22H25Cl2N3O4S/c23-16-3-1-2-15(12-16)22(28)26-17-8-11-27(14-17)32(29,30)19-4-5-21(20(24)13-19)31-18-6-9-25-10-7-18/h1-5,12-13,17-18,25H,6-11,14H2,(H,26,28)/t17-/m0/s1. The van der Waals surface area contributed by atoms with Crippen LogP contribution in [0.2, 0.25) is 10.0 Å². The summed E-state index contributed by atoms with van der Waals surface area (Å²) in [6.07, 6.45) is 2.35. The summed E-state index contributed by atoms with van der Waals surface area (Å²) in [6, 6.07) is 10.9. The summed E-state index contributed by atoms with van der Waals surface area (Å²) in [5, 5.41) is 6.90. The molecule has 2 aliphatic heterocycles. The fourth-order valence-corrected chi connectivity index (χ4v) is 5.95. The Morgan fingerprint density at radius 1 is 1.09 bits per heavy atom. The van der Waals surface area contributed by atoms with Crippen molar-refractivity contribution in [2.45, 2.75) is 36.3 Å². The van der Waals surface area contributed by atoms with Gasteiger partial charge in [0.2, 0.25) is 10.0 Å². The molecule has 1 amide bonds. The molecule has 7 nitrogen and oxygen atoms in total. The zero-order valence-corrected chi connectivity index (χ0v) is 19.7. The van der Waals surface area contributed by atoms with Gasteiger partial charge in [-0.25, -0.2) is 8.42 Å². The van der Waals surface area contributed by atoms with E-state index in [0.717, 1.165) is 25.9 Å². The van der Waals surface area contributed by atoms with E-state index < -0.39 is 10.0 Å². The van der Waals surface area contributed by atoms with Crippen LogP contribution in [0.15, 0.2) is 47.4 Å². The number of rotatable bonds is 6. The topological polar surface area (TPSA) is 87.7 Å². The molecule has 0 aromatic heterocycles. The smallest absolute Gasteiger partial charge is 0.251 e. The van der Waals surface area contributed by atoms with Crippen molar-refractivity contribution in [3.8, 4) is 5.75 Å². The summed E-state index contributed by atoms with van der Waals surface area (Å²) in [6.45, 7) is 2.28. The van der Waals surface area contributed by atoms with E-state index in [-0.39, 0.29) is 34.5 Å². The molecule has 172 valence electrons. The van der Waals surface area contributed by atoms with Crippen LogP contribution in [0.25, 0.3) is 0 Å². The second-order valence-corrected chi connectivity index (χ2v) is 10.8. The first-order valence-corrected chi connectivity index (χ1v) is 12.8. The number of benzene rings is 2. The number of halogens is 2. The Hall–Kier alpha value is -1.84. The van der Waals surface area contributed by atoms with Gasteiger partial charge >= 0.3 is 0 Å². The van der Waals surface area contributed by atoms with Crippen molar-refractivity contribution < 1.29 is 17.9 Å². The molecule has 2 N–H and O–H groups in total. The van der Waals surface area contributed by atoms with E-state index in [0.29, 0.717) is 29.3 Å².